The van der Waals surface area contributed by atoms with Gasteiger partial charge in [0.05, 0.1) is 25.4 Å². The van der Waals surface area contributed by atoms with Crippen LogP contribution in [0.5, 0.6) is 5.88 Å². The Hall–Kier alpha value is -2.06. The van der Waals surface area contributed by atoms with Crippen LogP contribution in [0, 0.1) is 0 Å². The maximum atomic E-state index is 12.5. The molecule has 0 aliphatic carbocycles. The molecule has 0 bridgehead atoms. The number of hydrogen-bond donors (Lipinski definition) is 1. The van der Waals surface area contributed by atoms with Crippen molar-refractivity contribution in [3.05, 3.63) is 22.8 Å². The normalized spacial score (nSPS) is 20.4. The lowest BCUT2D eigenvalue weighted by molar-refractivity contribution is 0.0859. The summed E-state index contributed by atoms with van der Waals surface area (Å²) in [5.74, 6) is 0.0706. The third-order valence-electron chi connectivity index (χ3n) is 4.59. The predicted octanol–water partition coefficient (Wildman–Crippen LogP) is 2.25. The molecule has 148 valence electrons. The number of pyridine rings is 1. The van der Waals surface area contributed by atoms with Gasteiger partial charge in [0.15, 0.2) is 0 Å². The highest BCUT2D eigenvalue weighted by Gasteiger charge is 2.25. The van der Waals surface area contributed by atoms with Crippen LogP contribution in [0.15, 0.2) is 12.3 Å². The number of carbonyl (C=O) groups is 2. The van der Waals surface area contributed by atoms with E-state index < -0.39 is 0 Å². The molecule has 1 aromatic heterocycles. The van der Waals surface area contributed by atoms with Gasteiger partial charge in [-0.25, -0.2) is 9.78 Å². The molecule has 2 aliphatic heterocycles. The molecule has 1 N–H and O–H groups in total. The summed E-state index contributed by atoms with van der Waals surface area (Å²) in [4.78, 5) is 30.0. The summed E-state index contributed by atoms with van der Waals surface area (Å²) in [7, 11) is 0. The van der Waals surface area contributed by atoms with Gasteiger partial charge in [0.1, 0.15) is 11.1 Å². The minimum absolute atomic E-state index is 0.00600. The highest BCUT2D eigenvalue weighted by molar-refractivity contribution is 6.32. The number of aromatic nitrogens is 1. The van der Waals surface area contributed by atoms with Crippen molar-refractivity contribution in [1.82, 2.24) is 15.2 Å². The van der Waals surface area contributed by atoms with Crippen molar-refractivity contribution in [2.24, 2.45) is 0 Å². The van der Waals surface area contributed by atoms with Crippen molar-refractivity contribution in [2.45, 2.75) is 38.3 Å². The van der Waals surface area contributed by atoms with Crippen molar-refractivity contribution in [3.8, 4) is 5.88 Å². The minimum atomic E-state index is -0.304. The quantitative estimate of drug-likeness (QED) is 0.819. The van der Waals surface area contributed by atoms with Crippen molar-refractivity contribution >= 4 is 23.6 Å². The Morgan fingerprint density at radius 1 is 1.37 bits per heavy atom. The van der Waals surface area contributed by atoms with Crippen LogP contribution < -0.4 is 10.1 Å². The maximum Gasteiger partial charge on any atom is 0.409 e. The molecule has 0 spiro atoms. The second kappa shape index (κ2) is 9.23. The van der Waals surface area contributed by atoms with Gasteiger partial charge in [-0.05, 0) is 25.8 Å². The zero-order chi connectivity index (χ0) is 19.2. The number of likely N-dealkylation sites (tertiary alicyclic amines) is 1. The average Bonchev–Trinajstić information content (AvgIpc) is 3.17. The van der Waals surface area contributed by atoms with Crippen molar-refractivity contribution in [2.75, 3.05) is 32.9 Å². The largest absolute Gasteiger partial charge is 0.471 e. The topological polar surface area (TPSA) is 90.0 Å². The number of amides is 2. The molecule has 9 heteroatoms. The molecule has 0 unspecified atom stereocenters. The lowest BCUT2D eigenvalue weighted by Gasteiger charge is -2.31. The second-order valence-electron chi connectivity index (χ2n) is 6.55. The van der Waals surface area contributed by atoms with E-state index in [4.69, 9.17) is 25.8 Å². The summed E-state index contributed by atoms with van der Waals surface area (Å²) < 4.78 is 16.0. The van der Waals surface area contributed by atoms with Crippen molar-refractivity contribution in [3.63, 3.8) is 0 Å². The first-order valence-corrected chi connectivity index (χ1v) is 9.57. The molecule has 2 saturated heterocycles. The minimum Gasteiger partial charge on any atom is -0.471 e. The lowest BCUT2D eigenvalue weighted by atomic mass is 10.0. The summed E-state index contributed by atoms with van der Waals surface area (Å²) >= 11 is 6.21. The van der Waals surface area contributed by atoms with E-state index in [0.717, 1.165) is 6.42 Å². The van der Waals surface area contributed by atoms with Crippen LogP contribution in [0.1, 0.15) is 36.5 Å². The van der Waals surface area contributed by atoms with Crippen molar-refractivity contribution < 1.29 is 23.8 Å². The van der Waals surface area contributed by atoms with E-state index in [-0.39, 0.29) is 24.1 Å². The van der Waals surface area contributed by atoms with Gasteiger partial charge in [0.2, 0.25) is 5.88 Å². The number of nitrogens with one attached hydrogen (secondary N) is 1. The van der Waals surface area contributed by atoms with E-state index in [9.17, 15) is 9.59 Å². The smallest absolute Gasteiger partial charge is 0.409 e. The number of rotatable bonds is 5. The third-order valence-corrected chi connectivity index (χ3v) is 4.86. The van der Waals surface area contributed by atoms with Gasteiger partial charge in [-0.3, -0.25) is 4.79 Å². The molecule has 1 atom stereocenters. The van der Waals surface area contributed by atoms with Crippen LogP contribution in [0.3, 0.4) is 0 Å². The van der Waals surface area contributed by atoms with Gasteiger partial charge in [0, 0.05) is 31.7 Å². The Labute approximate surface area is 163 Å². The molecule has 0 aromatic carbocycles. The fourth-order valence-corrected chi connectivity index (χ4v) is 3.30. The van der Waals surface area contributed by atoms with Crippen LogP contribution in [-0.4, -0.2) is 66.9 Å². The second-order valence-corrected chi connectivity index (χ2v) is 6.96. The van der Waals surface area contributed by atoms with E-state index in [1.807, 2.05) is 0 Å². The first kappa shape index (κ1) is 19.7. The Bertz CT molecular complexity index is 673. The van der Waals surface area contributed by atoms with Gasteiger partial charge in [0.25, 0.3) is 5.91 Å². The van der Waals surface area contributed by atoms with Gasteiger partial charge in [-0.15, -0.1) is 0 Å². The number of halogens is 1. The summed E-state index contributed by atoms with van der Waals surface area (Å²) in [5.41, 5.74) is 0.378. The number of carbonyl (C=O) groups excluding carboxylic acids is 2. The highest BCUT2D eigenvalue weighted by Crippen LogP contribution is 2.25. The Morgan fingerprint density at radius 3 is 2.78 bits per heavy atom. The summed E-state index contributed by atoms with van der Waals surface area (Å²) in [6.45, 7) is 4.43. The summed E-state index contributed by atoms with van der Waals surface area (Å²) in [6.07, 6.45) is 3.24. The van der Waals surface area contributed by atoms with E-state index in [1.165, 1.54) is 6.20 Å². The van der Waals surface area contributed by atoms with Gasteiger partial charge in [-0.2, -0.15) is 0 Å². The number of piperidine rings is 1. The molecule has 0 saturated carbocycles. The zero-order valence-electron chi connectivity index (χ0n) is 15.3. The fraction of sp³-hybridized carbons (Fsp3) is 0.611. The third kappa shape index (κ3) is 5.23. The van der Waals surface area contributed by atoms with Gasteiger partial charge in [-0.1, -0.05) is 11.6 Å². The van der Waals surface area contributed by atoms with Crippen LogP contribution in [0.4, 0.5) is 4.79 Å². The van der Waals surface area contributed by atoms with Gasteiger partial charge < -0.3 is 24.4 Å². The Kier molecular flexibility index (Phi) is 6.73. The van der Waals surface area contributed by atoms with Crippen LogP contribution in [0.25, 0.3) is 0 Å². The first-order chi connectivity index (χ1) is 13.1. The molecule has 8 nitrogen and oxygen atoms in total. The zero-order valence-corrected chi connectivity index (χ0v) is 16.0. The number of hydrogen-bond acceptors (Lipinski definition) is 6. The molecule has 2 amide bonds. The molecule has 0 radical (unpaired) electrons. The summed E-state index contributed by atoms with van der Waals surface area (Å²) in [6, 6.07) is 1.55. The van der Waals surface area contributed by atoms with E-state index in [1.54, 1.807) is 17.9 Å². The molecule has 3 rings (SSSR count). The Balaban J connectivity index is 1.51. The predicted molar refractivity (Wildman–Crippen MR) is 98.2 cm³/mol. The van der Waals surface area contributed by atoms with Crippen LogP contribution >= 0.6 is 11.6 Å². The van der Waals surface area contributed by atoms with E-state index >= 15 is 0 Å². The Morgan fingerprint density at radius 2 is 2.15 bits per heavy atom. The molecule has 3 heterocycles. The molecular weight excluding hydrogens is 374 g/mol. The summed E-state index contributed by atoms with van der Waals surface area (Å²) in [5, 5.41) is 3.27. The molecular formula is C18H24ClN3O5. The fourth-order valence-electron chi connectivity index (χ4n) is 3.09. The number of nitrogens with zero attached hydrogens (tertiary/aromatic N) is 2. The highest BCUT2D eigenvalue weighted by atomic mass is 35.5. The SMILES string of the molecule is CCOC(=O)N1CCC(NC(=O)c2cnc(O[C@H]3CCOC3)c(Cl)c2)CC1. The molecule has 1 aromatic rings. The molecule has 2 aliphatic rings. The maximum absolute atomic E-state index is 12.5. The standard InChI is InChI=1S/C18H24ClN3O5/c1-2-26-18(24)22-6-3-13(4-7-22)21-16(23)12-9-15(19)17(20-10-12)27-14-5-8-25-11-14/h9-10,13-14H,2-8,11H2,1H3,(H,21,23)/t14-/m0/s1. The van der Waals surface area contributed by atoms with E-state index in [2.05, 4.69) is 10.3 Å². The van der Waals surface area contributed by atoms with E-state index in [0.29, 0.717) is 62.2 Å². The molecule has 27 heavy (non-hydrogen) atoms. The average molecular weight is 398 g/mol. The van der Waals surface area contributed by atoms with Gasteiger partial charge >= 0.3 is 6.09 Å². The molecule has 2 fully saturated rings. The van der Waals surface area contributed by atoms with Crippen LogP contribution in [-0.2, 0) is 9.47 Å². The van der Waals surface area contributed by atoms with Crippen LogP contribution in [0.2, 0.25) is 5.02 Å². The first-order valence-electron chi connectivity index (χ1n) is 9.19. The monoisotopic (exact) mass is 397 g/mol. The lowest BCUT2D eigenvalue weighted by Crippen LogP contribution is -2.46. The number of ether oxygens (including phenoxy) is 3. The van der Waals surface area contributed by atoms with Crippen molar-refractivity contribution in [1.29, 1.82) is 0 Å².